The minimum Gasteiger partial charge on any atom is -0.352 e. The van der Waals surface area contributed by atoms with Gasteiger partial charge in [0.1, 0.15) is 6.04 Å². The maximum absolute atomic E-state index is 13.1. The van der Waals surface area contributed by atoms with Gasteiger partial charge in [0.15, 0.2) is 0 Å². The minimum absolute atomic E-state index is 0.0626. The molecule has 6 heteroatoms. The average molecular weight is 447 g/mol. The lowest BCUT2D eigenvalue weighted by Crippen LogP contribution is -2.50. The summed E-state index contributed by atoms with van der Waals surface area (Å²) < 4.78 is 0. The monoisotopic (exact) mass is 446 g/mol. The second-order valence-electron chi connectivity index (χ2n) is 7.53. The summed E-state index contributed by atoms with van der Waals surface area (Å²) in [6, 6.07) is 15.1. The van der Waals surface area contributed by atoms with Gasteiger partial charge in [-0.25, -0.2) is 0 Å². The van der Waals surface area contributed by atoms with Gasteiger partial charge in [0.25, 0.3) is 0 Å². The van der Waals surface area contributed by atoms with Gasteiger partial charge >= 0.3 is 0 Å². The molecule has 2 amide bonds. The molecule has 2 aromatic carbocycles. The van der Waals surface area contributed by atoms with E-state index in [0.717, 1.165) is 17.7 Å². The van der Waals surface area contributed by atoms with Crippen LogP contribution in [-0.4, -0.2) is 34.6 Å². The van der Waals surface area contributed by atoms with E-state index in [9.17, 15) is 9.59 Å². The maximum Gasteiger partial charge on any atom is 0.242 e. The molecule has 0 saturated carbocycles. The molecule has 30 heavy (non-hydrogen) atoms. The largest absolute Gasteiger partial charge is 0.352 e. The highest BCUT2D eigenvalue weighted by Gasteiger charge is 2.27. The Morgan fingerprint density at radius 2 is 1.70 bits per heavy atom. The fraction of sp³-hybridized carbons (Fsp3) is 0.417. The van der Waals surface area contributed by atoms with Crippen molar-refractivity contribution >= 4 is 35.2 Å². The van der Waals surface area contributed by atoms with Crippen LogP contribution >= 0.6 is 23.4 Å². The van der Waals surface area contributed by atoms with Crippen molar-refractivity contribution < 1.29 is 9.59 Å². The van der Waals surface area contributed by atoms with Crippen LogP contribution in [0.4, 0.5) is 0 Å². The summed E-state index contributed by atoms with van der Waals surface area (Å²) in [5.74, 6) is 0.847. The number of thioether (sulfide) groups is 1. The van der Waals surface area contributed by atoms with Gasteiger partial charge in [-0.05, 0) is 49.9 Å². The van der Waals surface area contributed by atoms with Gasteiger partial charge in [-0.1, -0.05) is 61.0 Å². The smallest absolute Gasteiger partial charge is 0.242 e. The Hall–Kier alpha value is -1.98. The number of aryl methyl sites for hydroxylation is 1. The first-order valence-corrected chi connectivity index (χ1v) is 11.8. The number of carbonyl (C=O) groups is 2. The average Bonchev–Trinajstić information content (AvgIpc) is 2.73. The lowest BCUT2D eigenvalue weighted by atomic mass is 10.1. The van der Waals surface area contributed by atoms with Crippen LogP contribution in [0.15, 0.2) is 48.5 Å². The van der Waals surface area contributed by atoms with Crippen molar-refractivity contribution in [1.82, 2.24) is 10.2 Å². The number of hydrogen-bond acceptors (Lipinski definition) is 3. The second kappa shape index (κ2) is 12.0. The predicted molar refractivity (Wildman–Crippen MR) is 127 cm³/mol. The molecule has 2 aromatic rings. The van der Waals surface area contributed by atoms with Crippen LogP contribution in [0, 0.1) is 6.92 Å². The summed E-state index contributed by atoms with van der Waals surface area (Å²) in [5.41, 5.74) is 3.27. The molecule has 2 atom stereocenters. The number of nitrogens with one attached hydrogen (secondary N) is 1. The topological polar surface area (TPSA) is 49.4 Å². The normalized spacial score (nSPS) is 12.8. The third-order valence-electron chi connectivity index (χ3n) is 5.21. The maximum atomic E-state index is 13.1. The summed E-state index contributed by atoms with van der Waals surface area (Å²) in [7, 11) is 0. The Morgan fingerprint density at radius 3 is 2.33 bits per heavy atom. The molecule has 162 valence electrons. The van der Waals surface area contributed by atoms with Crippen molar-refractivity contribution in [3.63, 3.8) is 0 Å². The standard InChI is InChI=1S/C24H31ClN2O2S/c1-5-18(3)26-24(29)19(4)27(14-20-11-8-9-13-22(20)25)23(28)16-30-15-21-12-7-6-10-17(21)2/h6-13,18-19H,5,14-16H2,1-4H3,(H,26,29)/t18-,19-/m1/s1. The summed E-state index contributed by atoms with van der Waals surface area (Å²) >= 11 is 7.89. The molecule has 0 bridgehead atoms. The summed E-state index contributed by atoms with van der Waals surface area (Å²) in [6.07, 6.45) is 0.837. The number of nitrogens with zero attached hydrogens (tertiary/aromatic N) is 1. The first-order valence-electron chi connectivity index (χ1n) is 10.3. The third kappa shape index (κ3) is 7.06. The highest BCUT2D eigenvalue weighted by atomic mass is 35.5. The number of benzene rings is 2. The molecule has 0 aliphatic heterocycles. The highest BCUT2D eigenvalue weighted by Crippen LogP contribution is 2.21. The van der Waals surface area contributed by atoms with Crippen molar-refractivity contribution in [3.05, 3.63) is 70.2 Å². The van der Waals surface area contributed by atoms with E-state index in [1.165, 1.54) is 11.1 Å². The van der Waals surface area contributed by atoms with Crippen LogP contribution in [0.1, 0.15) is 43.9 Å². The fourth-order valence-corrected chi connectivity index (χ4v) is 4.14. The zero-order valence-electron chi connectivity index (χ0n) is 18.2. The number of halogens is 1. The van der Waals surface area contributed by atoms with Crippen LogP contribution in [0.5, 0.6) is 0 Å². The molecule has 0 fully saturated rings. The molecule has 0 unspecified atom stereocenters. The van der Waals surface area contributed by atoms with Crippen molar-refractivity contribution in [3.8, 4) is 0 Å². The van der Waals surface area contributed by atoms with Crippen LogP contribution in [0.3, 0.4) is 0 Å². The Labute approximate surface area is 189 Å². The minimum atomic E-state index is -0.582. The molecule has 1 N–H and O–H groups in total. The Morgan fingerprint density at radius 1 is 1.07 bits per heavy atom. The molecule has 0 spiro atoms. The van der Waals surface area contributed by atoms with Gasteiger partial charge in [0, 0.05) is 23.4 Å². The quantitative estimate of drug-likeness (QED) is 0.544. The third-order valence-corrected chi connectivity index (χ3v) is 6.55. The van der Waals surface area contributed by atoms with Gasteiger partial charge in [0.05, 0.1) is 5.75 Å². The van der Waals surface area contributed by atoms with E-state index in [1.807, 2.05) is 44.2 Å². The zero-order chi connectivity index (χ0) is 22.1. The molecule has 0 aliphatic rings. The van der Waals surface area contributed by atoms with Crippen molar-refractivity contribution in [2.24, 2.45) is 0 Å². The summed E-state index contributed by atoms with van der Waals surface area (Å²) in [6.45, 7) is 8.13. The Balaban J connectivity index is 2.10. The highest BCUT2D eigenvalue weighted by molar-refractivity contribution is 7.99. The first-order chi connectivity index (χ1) is 14.3. The van der Waals surface area contributed by atoms with Crippen LogP contribution in [0.2, 0.25) is 5.02 Å². The number of rotatable bonds is 10. The predicted octanol–water partition coefficient (Wildman–Crippen LogP) is 5.21. The Bertz CT molecular complexity index is 859. The number of hydrogen-bond donors (Lipinski definition) is 1. The van der Waals surface area contributed by atoms with Gasteiger partial charge < -0.3 is 10.2 Å². The SMILES string of the molecule is CC[C@@H](C)NC(=O)[C@@H](C)N(Cc1ccccc1Cl)C(=O)CSCc1ccccc1C. The fourth-order valence-electron chi connectivity index (χ4n) is 2.96. The molecule has 0 aromatic heterocycles. The lowest BCUT2D eigenvalue weighted by Gasteiger charge is -2.30. The van der Waals surface area contributed by atoms with Crippen LogP contribution < -0.4 is 5.32 Å². The zero-order valence-corrected chi connectivity index (χ0v) is 19.7. The molecule has 0 heterocycles. The molecule has 0 saturated heterocycles. The van der Waals surface area contributed by atoms with Crippen molar-refractivity contribution in [1.29, 1.82) is 0 Å². The van der Waals surface area contributed by atoms with Crippen molar-refractivity contribution in [2.75, 3.05) is 5.75 Å². The van der Waals surface area contributed by atoms with Crippen LogP contribution in [0.25, 0.3) is 0 Å². The lowest BCUT2D eigenvalue weighted by molar-refractivity contribution is -0.138. The van der Waals surface area contributed by atoms with Gasteiger partial charge in [-0.15, -0.1) is 11.8 Å². The molecule has 0 radical (unpaired) electrons. The molecule has 2 rings (SSSR count). The number of amides is 2. The summed E-state index contributed by atoms with van der Waals surface area (Å²) in [4.78, 5) is 27.5. The van der Waals surface area contributed by atoms with E-state index < -0.39 is 6.04 Å². The van der Waals surface area contributed by atoms with E-state index >= 15 is 0 Å². The molecule has 4 nitrogen and oxygen atoms in total. The van der Waals surface area contributed by atoms with E-state index in [1.54, 1.807) is 29.7 Å². The Kier molecular flexibility index (Phi) is 9.73. The van der Waals surface area contributed by atoms with E-state index in [-0.39, 0.29) is 17.9 Å². The van der Waals surface area contributed by atoms with Gasteiger partial charge in [0.2, 0.25) is 11.8 Å². The number of carbonyl (C=O) groups excluding carboxylic acids is 2. The van der Waals surface area contributed by atoms with Gasteiger partial charge in [-0.3, -0.25) is 9.59 Å². The molecular weight excluding hydrogens is 416 g/mol. The van der Waals surface area contributed by atoms with Gasteiger partial charge in [-0.2, -0.15) is 0 Å². The van der Waals surface area contributed by atoms with Crippen LogP contribution in [-0.2, 0) is 21.9 Å². The van der Waals surface area contributed by atoms with E-state index in [4.69, 9.17) is 11.6 Å². The second-order valence-corrected chi connectivity index (χ2v) is 8.92. The molecule has 0 aliphatic carbocycles. The van der Waals surface area contributed by atoms with Crippen molar-refractivity contribution in [2.45, 2.75) is 58.5 Å². The summed E-state index contributed by atoms with van der Waals surface area (Å²) in [5, 5.41) is 3.58. The van der Waals surface area contributed by atoms with E-state index in [2.05, 4.69) is 24.4 Å². The first kappa shape index (κ1) is 24.3. The molecular formula is C24H31ClN2O2S. The van der Waals surface area contributed by atoms with E-state index in [0.29, 0.717) is 17.3 Å².